The number of carbonyl (C=O) groups is 1. The average Bonchev–Trinajstić information content (AvgIpc) is 2.36. The fourth-order valence-corrected chi connectivity index (χ4v) is 2.06. The van der Waals surface area contributed by atoms with Crippen molar-refractivity contribution in [1.29, 1.82) is 0 Å². The van der Waals surface area contributed by atoms with E-state index in [2.05, 4.69) is 15.9 Å². The smallest absolute Gasteiger partial charge is 0.226 e. The molecule has 0 heterocycles. The fraction of sp³-hybridized carbons (Fsp3) is 0.500. The molecule has 0 aliphatic carbocycles. The van der Waals surface area contributed by atoms with Crippen LogP contribution >= 0.6 is 15.9 Å². The van der Waals surface area contributed by atoms with Gasteiger partial charge in [0.2, 0.25) is 5.91 Å². The van der Waals surface area contributed by atoms with Crippen LogP contribution in [0.2, 0.25) is 0 Å². The second-order valence-corrected chi connectivity index (χ2v) is 5.07. The molecule has 1 rings (SSSR count). The molecule has 0 bridgehead atoms. The zero-order valence-corrected chi connectivity index (χ0v) is 12.5. The number of hydrogen-bond donors (Lipinski definition) is 0. The molecule has 0 atom stereocenters. The molecule has 0 saturated carbocycles. The van der Waals surface area contributed by atoms with Gasteiger partial charge in [-0.3, -0.25) is 4.79 Å². The number of ether oxygens (including phenoxy) is 1. The maximum absolute atomic E-state index is 12.0. The molecule has 0 aliphatic rings. The zero-order chi connectivity index (χ0) is 13.4. The number of benzene rings is 1. The first-order valence-electron chi connectivity index (χ1n) is 6.18. The Balaban J connectivity index is 2.36. The average molecular weight is 314 g/mol. The van der Waals surface area contributed by atoms with E-state index in [-0.39, 0.29) is 11.9 Å². The first-order valence-corrected chi connectivity index (χ1v) is 7.30. The van der Waals surface area contributed by atoms with Crippen molar-refractivity contribution >= 4 is 21.8 Å². The van der Waals surface area contributed by atoms with Gasteiger partial charge in [-0.25, -0.2) is 0 Å². The van der Waals surface area contributed by atoms with E-state index < -0.39 is 0 Å². The number of hydrogen-bond acceptors (Lipinski definition) is 2. The first-order chi connectivity index (χ1) is 8.65. The monoisotopic (exact) mass is 313 g/mol. The Morgan fingerprint density at radius 3 is 2.56 bits per heavy atom. The van der Waals surface area contributed by atoms with Crippen molar-refractivity contribution in [2.24, 2.45) is 0 Å². The van der Waals surface area contributed by atoms with Crippen LogP contribution < -0.4 is 4.74 Å². The van der Waals surface area contributed by atoms with Crippen molar-refractivity contribution in [3.05, 3.63) is 30.3 Å². The molecule has 1 aromatic carbocycles. The first kappa shape index (κ1) is 15.0. The molecular formula is C14H20BrNO2. The van der Waals surface area contributed by atoms with E-state index in [1.165, 1.54) is 0 Å². The molecule has 0 spiro atoms. The third kappa shape index (κ3) is 5.08. The maximum atomic E-state index is 12.0. The highest BCUT2D eigenvalue weighted by molar-refractivity contribution is 9.09. The fourth-order valence-electron chi connectivity index (χ4n) is 1.68. The molecule has 0 aliphatic heterocycles. The summed E-state index contributed by atoms with van der Waals surface area (Å²) in [4.78, 5) is 13.9. The summed E-state index contributed by atoms with van der Waals surface area (Å²) in [6.07, 6.45) is 0.417. The van der Waals surface area contributed by atoms with Crippen molar-refractivity contribution in [2.45, 2.75) is 26.3 Å². The largest absolute Gasteiger partial charge is 0.493 e. The van der Waals surface area contributed by atoms with Crippen LogP contribution in [0.4, 0.5) is 0 Å². The van der Waals surface area contributed by atoms with Crippen LogP contribution in [0.15, 0.2) is 30.3 Å². The molecule has 1 aromatic rings. The second-order valence-electron chi connectivity index (χ2n) is 4.28. The predicted molar refractivity (Wildman–Crippen MR) is 77.2 cm³/mol. The van der Waals surface area contributed by atoms with E-state index in [1.54, 1.807) is 0 Å². The summed E-state index contributed by atoms with van der Waals surface area (Å²) in [7, 11) is 0. The van der Waals surface area contributed by atoms with E-state index in [9.17, 15) is 4.79 Å². The lowest BCUT2D eigenvalue weighted by atomic mass is 10.3. The lowest BCUT2D eigenvalue weighted by Gasteiger charge is -2.26. The summed E-state index contributed by atoms with van der Waals surface area (Å²) in [6.45, 7) is 5.22. The lowest BCUT2D eigenvalue weighted by molar-refractivity contribution is -0.133. The van der Waals surface area contributed by atoms with Crippen molar-refractivity contribution in [3.8, 4) is 5.75 Å². The predicted octanol–water partition coefficient (Wildman–Crippen LogP) is 3.09. The Morgan fingerprint density at radius 1 is 1.33 bits per heavy atom. The summed E-state index contributed by atoms with van der Waals surface area (Å²) < 4.78 is 5.53. The van der Waals surface area contributed by atoms with E-state index in [0.29, 0.717) is 13.0 Å². The van der Waals surface area contributed by atoms with Gasteiger partial charge in [-0.05, 0) is 26.0 Å². The molecule has 4 heteroatoms. The number of para-hydroxylation sites is 1. The van der Waals surface area contributed by atoms with Crippen molar-refractivity contribution < 1.29 is 9.53 Å². The standard InChI is InChI=1S/C14H20BrNO2/c1-12(2)16(10-9-15)14(17)8-11-18-13-6-4-3-5-7-13/h3-7,12H,8-11H2,1-2H3. The molecule has 0 N–H and O–H groups in total. The van der Waals surface area contributed by atoms with E-state index in [0.717, 1.165) is 17.6 Å². The van der Waals surface area contributed by atoms with Gasteiger partial charge >= 0.3 is 0 Å². The second kappa shape index (κ2) is 8.14. The van der Waals surface area contributed by atoms with Crippen molar-refractivity contribution in [1.82, 2.24) is 4.90 Å². The van der Waals surface area contributed by atoms with E-state index >= 15 is 0 Å². The minimum absolute atomic E-state index is 0.139. The molecule has 18 heavy (non-hydrogen) atoms. The van der Waals surface area contributed by atoms with Crippen LogP contribution in [-0.4, -0.2) is 35.3 Å². The number of nitrogens with zero attached hydrogens (tertiary/aromatic N) is 1. The Bertz CT molecular complexity index is 354. The van der Waals surface area contributed by atoms with Crippen molar-refractivity contribution in [3.63, 3.8) is 0 Å². The van der Waals surface area contributed by atoms with Crippen LogP contribution in [0.3, 0.4) is 0 Å². The molecule has 100 valence electrons. The number of alkyl halides is 1. The minimum atomic E-state index is 0.139. The Labute approximate surface area is 117 Å². The number of halogens is 1. The van der Waals surface area contributed by atoms with Crippen LogP contribution in [0.5, 0.6) is 5.75 Å². The summed E-state index contributed by atoms with van der Waals surface area (Å²) in [5.74, 6) is 0.947. The Kier molecular flexibility index (Phi) is 6.80. The van der Waals surface area contributed by atoms with Gasteiger partial charge in [0, 0.05) is 17.9 Å². The SMILES string of the molecule is CC(C)N(CCBr)C(=O)CCOc1ccccc1. The van der Waals surface area contributed by atoms with Gasteiger partial charge < -0.3 is 9.64 Å². The summed E-state index contributed by atoms with van der Waals surface area (Å²) in [5, 5.41) is 0.802. The molecular weight excluding hydrogens is 294 g/mol. The molecule has 3 nitrogen and oxygen atoms in total. The molecule has 0 fully saturated rings. The van der Waals surface area contributed by atoms with Crippen LogP contribution in [0.25, 0.3) is 0 Å². The third-order valence-corrected chi connectivity index (χ3v) is 2.95. The number of amides is 1. The molecule has 0 radical (unpaired) electrons. The van der Waals surface area contributed by atoms with Gasteiger partial charge in [0.05, 0.1) is 13.0 Å². The van der Waals surface area contributed by atoms with Crippen molar-refractivity contribution in [2.75, 3.05) is 18.5 Å². The number of rotatable bonds is 7. The van der Waals surface area contributed by atoms with Crippen LogP contribution in [0, 0.1) is 0 Å². The lowest BCUT2D eigenvalue weighted by Crippen LogP contribution is -2.38. The van der Waals surface area contributed by atoms with Gasteiger partial charge in [-0.1, -0.05) is 34.1 Å². The van der Waals surface area contributed by atoms with Crippen LogP contribution in [-0.2, 0) is 4.79 Å². The van der Waals surface area contributed by atoms with Gasteiger partial charge in [-0.15, -0.1) is 0 Å². The van der Waals surface area contributed by atoms with Crippen LogP contribution in [0.1, 0.15) is 20.3 Å². The summed E-state index contributed by atoms with van der Waals surface area (Å²) in [6, 6.07) is 9.79. The maximum Gasteiger partial charge on any atom is 0.226 e. The van der Waals surface area contributed by atoms with Gasteiger partial charge in [0.15, 0.2) is 0 Å². The molecule has 0 aromatic heterocycles. The topological polar surface area (TPSA) is 29.5 Å². The minimum Gasteiger partial charge on any atom is -0.493 e. The summed E-state index contributed by atoms with van der Waals surface area (Å²) >= 11 is 3.37. The highest BCUT2D eigenvalue weighted by Crippen LogP contribution is 2.09. The highest BCUT2D eigenvalue weighted by atomic mass is 79.9. The third-order valence-electron chi connectivity index (χ3n) is 2.60. The Hall–Kier alpha value is -1.03. The van der Waals surface area contributed by atoms with Gasteiger partial charge in [0.1, 0.15) is 5.75 Å². The summed E-state index contributed by atoms with van der Waals surface area (Å²) in [5.41, 5.74) is 0. The highest BCUT2D eigenvalue weighted by Gasteiger charge is 2.15. The van der Waals surface area contributed by atoms with Gasteiger partial charge in [-0.2, -0.15) is 0 Å². The molecule has 1 amide bonds. The Morgan fingerprint density at radius 2 is 2.00 bits per heavy atom. The van der Waals surface area contributed by atoms with E-state index in [1.807, 2.05) is 49.1 Å². The quantitative estimate of drug-likeness (QED) is 0.724. The van der Waals surface area contributed by atoms with Gasteiger partial charge in [0.25, 0.3) is 0 Å². The number of carbonyl (C=O) groups excluding carboxylic acids is 1. The normalized spacial score (nSPS) is 10.4. The zero-order valence-electron chi connectivity index (χ0n) is 10.9. The molecule has 0 saturated heterocycles. The molecule has 0 unspecified atom stereocenters. The van der Waals surface area contributed by atoms with E-state index in [4.69, 9.17) is 4.74 Å².